The predicted octanol–water partition coefficient (Wildman–Crippen LogP) is 9.14. The molecule has 0 aliphatic carbocycles. The molecule has 0 aliphatic heterocycles. The third-order valence-corrected chi connectivity index (χ3v) is 6.74. The van der Waals surface area contributed by atoms with Gasteiger partial charge in [-0.2, -0.15) is 0 Å². The monoisotopic (exact) mass is 380 g/mol. The summed E-state index contributed by atoms with van der Waals surface area (Å²) in [6.45, 7) is 9.32. The Hall–Kier alpha value is -1.30. The van der Waals surface area contributed by atoms with Crippen LogP contribution in [0.4, 0.5) is 0 Å². The second-order valence-electron chi connectivity index (χ2n) is 8.93. The molecule has 0 aliphatic rings. The summed E-state index contributed by atoms with van der Waals surface area (Å²) in [6.07, 6.45) is 16.0. The van der Waals surface area contributed by atoms with E-state index in [-0.39, 0.29) is 0 Å². The molecule has 0 fully saturated rings. The van der Waals surface area contributed by atoms with Gasteiger partial charge in [-0.05, 0) is 59.4 Å². The van der Waals surface area contributed by atoms with Crippen molar-refractivity contribution in [2.45, 2.75) is 105 Å². The number of rotatable bonds is 14. The van der Waals surface area contributed by atoms with Gasteiger partial charge in [0.1, 0.15) is 0 Å². The zero-order valence-corrected chi connectivity index (χ0v) is 19.1. The molecule has 0 radical (unpaired) electrons. The van der Waals surface area contributed by atoms with Gasteiger partial charge in [0.2, 0.25) is 0 Å². The second-order valence-corrected chi connectivity index (χ2v) is 8.93. The van der Waals surface area contributed by atoms with E-state index < -0.39 is 0 Å². The number of unbranched alkanes of at least 4 members (excludes halogenated alkanes) is 2. The highest BCUT2D eigenvalue weighted by Crippen LogP contribution is 2.24. The Balaban J connectivity index is 1.93. The normalized spacial score (nSPS) is 13.7. The van der Waals surface area contributed by atoms with Crippen LogP contribution >= 0.6 is 0 Å². The zero-order chi connectivity index (χ0) is 20.2. The Kier molecular flexibility index (Phi) is 10.7. The molecule has 0 saturated heterocycles. The average molecular weight is 381 g/mol. The molecule has 0 bridgehead atoms. The van der Waals surface area contributed by atoms with Gasteiger partial charge >= 0.3 is 0 Å². The van der Waals surface area contributed by atoms with Gasteiger partial charge in [-0.1, -0.05) is 115 Å². The Morgan fingerprint density at radius 2 is 1.00 bits per heavy atom. The highest BCUT2D eigenvalue weighted by atomic mass is 14.1. The highest BCUT2D eigenvalue weighted by Gasteiger charge is 2.08. The molecular weight excluding hydrogens is 336 g/mol. The summed E-state index contributed by atoms with van der Waals surface area (Å²) in [6, 6.07) is 14.3. The molecular formula is C28H44. The fourth-order valence-corrected chi connectivity index (χ4v) is 4.49. The van der Waals surface area contributed by atoms with Crippen LogP contribution in [0.25, 0.3) is 10.8 Å². The van der Waals surface area contributed by atoms with Crippen LogP contribution < -0.4 is 0 Å². The summed E-state index contributed by atoms with van der Waals surface area (Å²) in [5.41, 5.74) is 3.03. The molecule has 156 valence electrons. The van der Waals surface area contributed by atoms with E-state index in [1.54, 1.807) is 0 Å². The van der Waals surface area contributed by atoms with Crippen LogP contribution in [0.5, 0.6) is 0 Å². The van der Waals surface area contributed by atoms with Crippen molar-refractivity contribution in [3.8, 4) is 0 Å². The lowest BCUT2D eigenvalue weighted by Gasteiger charge is -2.15. The van der Waals surface area contributed by atoms with Crippen molar-refractivity contribution >= 4 is 10.8 Å². The molecule has 0 nitrogen and oxygen atoms in total. The van der Waals surface area contributed by atoms with Crippen LogP contribution in [-0.4, -0.2) is 0 Å². The fourth-order valence-electron chi connectivity index (χ4n) is 4.49. The molecule has 0 spiro atoms. The second kappa shape index (κ2) is 13.0. The smallest absolute Gasteiger partial charge is 0.0181 e. The summed E-state index contributed by atoms with van der Waals surface area (Å²) in [5, 5.41) is 2.83. The van der Waals surface area contributed by atoms with Gasteiger partial charge in [0.15, 0.2) is 0 Å². The van der Waals surface area contributed by atoms with Crippen LogP contribution in [0.3, 0.4) is 0 Å². The molecule has 0 aromatic heterocycles. The van der Waals surface area contributed by atoms with E-state index in [9.17, 15) is 0 Å². The fraction of sp³-hybridized carbons (Fsp3) is 0.643. The molecule has 2 aromatic carbocycles. The van der Waals surface area contributed by atoms with E-state index >= 15 is 0 Å². The van der Waals surface area contributed by atoms with Crippen LogP contribution in [0.15, 0.2) is 36.4 Å². The number of hydrogen-bond acceptors (Lipinski definition) is 0. The van der Waals surface area contributed by atoms with Gasteiger partial charge < -0.3 is 0 Å². The summed E-state index contributed by atoms with van der Waals surface area (Å²) in [5.74, 6) is 1.80. The largest absolute Gasteiger partial charge is 0.0654 e. The Morgan fingerprint density at radius 1 is 0.571 bits per heavy atom. The molecule has 2 atom stereocenters. The minimum absolute atomic E-state index is 0.900. The van der Waals surface area contributed by atoms with Crippen LogP contribution in [0.1, 0.15) is 103 Å². The Morgan fingerprint density at radius 3 is 1.36 bits per heavy atom. The van der Waals surface area contributed by atoms with Crippen molar-refractivity contribution in [1.29, 1.82) is 0 Å². The third kappa shape index (κ3) is 7.61. The van der Waals surface area contributed by atoms with Crippen LogP contribution in [0, 0.1) is 11.8 Å². The quantitative estimate of drug-likeness (QED) is 0.306. The summed E-state index contributed by atoms with van der Waals surface area (Å²) in [7, 11) is 0. The van der Waals surface area contributed by atoms with E-state index in [1.165, 1.54) is 98.9 Å². The van der Waals surface area contributed by atoms with Crippen LogP contribution in [-0.2, 0) is 12.8 Å². The summed E-state index contributed by atoms with van der Waals surface area (Å²) < 4.78 is 0. The lowest BCUT2D eigenvalue weighted by Crippen LogP contribution is -2.01. The van der Waals surface area contributed by atoms with Gasteiger partial charge in [-0.15, -0.1) is 0 Å². The standard InChI is InChI=1S/C28H44/c1-5-9-11-23(7-3)13-15-25-17-19-28-22-26(18-20-27(28)21-25)16-14-24(8-4)12-10-6-2/h17-24H,5-16H2,1-4H3. The zero-order valence-electron chi connectivity index (χ0n) is 19.1. The van der Waals surface area contributed by atoms with Gasteiger partial charge in [-0.3, -0.25) is 0 Å². The molecule has 28 heavy (non-hydrogen) atoms. The van der Waals surface area contributed by atoms with Crippen LogP contribution in [0.2, 0.25) is 0 Å². The SMILES string of the molecule is CCCCC(CC)CCc1ccc2cc(CCC(CC)CCCC)ccc2c1. The van der Waals surface area contributed by atoms with Crippen molar-refractivity contribution in [2.24, 2.45) is 11.8 Å². The van der Waals surface area contributed by atoms with E-state index in [4.69, 9.17) is 0 Å². The first kappa shape index (κ1) is 23.0. The average Bonchev–Trinajstić information content (AvgIpc) is 2.74. The number of fused-ring (bicyclic) bond motifs is 1. The molecule has 0 heteroatoms. The van der Waals surface area contributed by atoms with Crippen molar-refractivity contribution in [3.63, 3.8) is 0 Å². The molecule has 0 saturated carbocycles. The lowest BCUT2D eigenvalue weighted by atomic mass is 9.91. The van der Waals surface area contributed by atoms with Crippen molar-refractivity contribution in [2.75, 3.05) is 0 Å². The lowest BCUT2D eigenvalue weighted by molar-refractivity contribution is 0.422. The molecule has 2 unspecified atom stereocenters. The first-order valence-electron chi connectivity index (χ1n) is 12.2. The third-order valence-electron chi connectivity index (χ3n) is 6.74. The Labute approximate surface area is 175 Å². The maximum absolute atomic E-state index is 2.43. The van der Waals surface area contributed by atoms with E-state index in [0.717, 1.165) is 11.8 Å². The molecule has 2 aromatic rings. The molecule has 2 rings (SSSR count). The maximum Gasteiger partial charge on any atom is -0.0181 e. The maximum atomic E-state index is 2.43. The number of hydrogen-bond donors (Lipinski definition) is 0. The topological polar surface area (TPSA) is 0 Å². The van der Waals surface area contributed by atoms with E-state index in [1.807, 2.05) is 0 Å². The number of aryl methyl sites for hydroxylation is 2. The Bertz CT molecular complexity index is 610. The van der Waals surface area contributed by atoms with Gasteiger partial charge in [0, 0.05) is 0 Å². The summed E-state index contributed by atoms with van der Waals surface area (Å²) >= 11 is 0. The predicted molar refractivity (Wildman–Crippen MR) is 127 cm³/mol. The van der Waals surface area contributed by atoms with E-state index in [2.05, 4.69) is 64.1 Å². The van der Waals surface area contributed by atoms with Crippen molar-refractivity contribution in [3.05, 3.63) is 47.5 Å². The number of benzene rings is 2. The van der Waals surface area contributed by atoms with Gasteiger partial charge in [-0.25, -0.2) is 0 Å². The van der Waals surface area contributed by atoms with Crippen molar-refractivity contribution in [1.82, 2.24) is 0 Å². The molecule has 0 amide bonds. The minimum atomic E-state index is 0.900. The summed E-state index contributed by atoms with van der Waals surface area (Å²) in [4.78, 5) is 0. The molecule has 0 N–H and O–H groups in total. The highest BCUT2D eigenvalue weighted by molar-refractivity contribution is 5.83. The first-order valence-corrected chi connectivity index (χ1v) is 12.2. The van der Waals surface area contributed by atoms with E-state index in [0.29, 0.717) is 0 Å². The van der Waals surface area contributed by atoms with Crippen molar-refractivity contribution < 1.29 is 0 Å². The molecule has 0 heterocycles. The first-order chi connectivity index (χ1) is 13.7. The van der Waals surface area contributed by atoms with Gasteiger partial charge in [0.25, 0.3) is 0 Å². The minimum Gasteiger partial charge on any atom is -0.0654 e. The van der Waals surface area contributed by atoms with Gasteiger partial charge in [0.05, 0.1) is 0 Å².